The Morgan fingerprint density at radius 1 is 1.12 bits per heavy atom. The van der Waals surface area contributed by atoms with Gasteiger partial charge >= 0.3 is 12.7 Å². The van der Waals surface area contributed by atoms with Crippen LogP contribution in [0.25, 0.3) is 0 Å². The fourth-order valence-corrected chi connectivity index (χ4v) is 4.24. The molecule has 0 aromatic heterocycles. The zero-order valence-corrected chi connectivity index (χ0v) is 15.3. The number of halogens is 1. The highest BCUT2D eigenvalue weighted by molar-refractivity contribution is 7.85. The molecular formula is C18H20ClO4P. The first kappa shape index (κ1) is 18.6. The number of aryl methyl sites for hydroxylation is 1. The van der Waals surface area contributed by atoms with E-state index in [2.05, 4.69) is 0 Å². The van der Waals surface area contributed by atoms with Gasteiger partial charge in [0.15, 0.2) is 0 Å². The van der Waals surface area contributed by atoms with Gasteiger partial charge in [0, 0.05) is 0 Å². The molecule has 128 valence electrons. The van der Waals surface area contributed by atoms with E-state index in [9.17, 15) is 9.36 Å². The average Bonchev–Trinajstić information content (AvgIpc) is 2.55. The molecule has 0 fully saturated rings. The van der Waals surface area contributed by atoms with Crippen molar-refractivity contribution >= 4 is 23.9 Å². The molecule has 0 bridgehead atoms. The van der Waals surface area contributed by atoms with Gasteiger partial charge < -0.3 is 9.26 Å². The zero-order valence-electron chi connectivity index (χ0n) is 13.6. The van der Waals surface area contributed by atoms with Crippen LogP contribution >= 0.6 is 18.0 Å². The van der Waals surface area contributed by atoms with Crippen molar-refractivity contribution in [2.24, 2.45) is 5.92 Å². The summed E-state index contributed by atoms with van der Waals surface area (Å²) < 4.78 is 23.0. The van der Waals surface area contributed by atoms with Gasteiger partial charge in [0.1, 0.15) is 12.4 Å². The van der Waals surface area contributed by atoms with Crippen LogP contribution in [0.5, 0.6) is 5.75 Å². The molecule has 0 saturated heterocycles. The van der Waals surface area contributed by atoms with Gasteiger partial charge in [0.25, 0.3) is 0 Å². The summed E-state index contributed by atoms with van der Waals surface area (Å²) in [5, 5.41) is 0. The van der Waals surface area contributed by atoms with Gasteiger partial charge in [0.2, 0.25) is 0 Å². The summed E-state index contributed by atoms with van der Waals surface area (Å²) in [5.74, 6) is -0.654. The Hall–Kier alpha value is -1.77. The molecule has 6 heteroatoms. The van der Waals surface area contributed by atoms with E-state index in [0.29, 0.717) is 5.75 Å². The SMILES string of the molecule is Cc1ccc(OP(=O)(Cl)CC(C)C(=O)OCc2ccccc2)cc1. The molecule has 2 rings (SSSR count). The van der Waals surface area contributed by atoms with Crippen molar-refractivity contribution in [3.63, 3.8) is 0 Å². The van der Waals surface area contributed by atoms with Crippen LogP contribution < -0.4 is 4.52 Å². The molecule has 0 aliphatic heterocycles. The number of carbonyl (C=O) groups is 1. The second-order valence-electron chi connectivity index (χ2n) is 5.67. The number of benzene rings is 2. The van der Waals surface area contributed by atoms with Crippen molar-refractivity contribution in [3.8, 4) is 5.75 Å². The number of esters is 1. The Kier molecular flexibility index (Phi) is 6.47. The molecule has 0 saturated carbocycles. The lowest BCUT2D eigenvalue weighted by molar-refractivity contribution is -0.148. The van der Waals surface area contributed by atoms with Crippen molar-refractivity contribution in [2.45, 2.75) is 20.5 Å². The monoisotopic (exact) mass is 366 g/mol. The molecule has 0 aliphatic carbocycles. The molecule has 0 N–H and O–H groups in total. The second kappa shape index (κ2) is 8.36. The molecule has 0 amide bonds. The predicted molar refractivity (Wildman–Crippen MR) is 95.5 cm³/mol. The number of carbonyl (C=O) groups excluding carboxylic acids is 1. The summed E-state index contributed by atoms with van der Waals surface area (Å²) in [6, 6.07) is 16.4. The summed E-state index contributed by atoms with van der Waals surface area (Å²) in [5.41, 5.74) is 1.95. The first-order chi connectivity index (χ1) is 11.4. The van der Waals surface area contributed by atoms with Crippen molar-refractivity contribution < 1.29 is 18.6 Å². The molecule has 0 heterocycles. The lowest BCUT2D eigenvalue weighted by Gasteiger charge is -2.17. The van der Waals surface area contributed by atoms with Crippen LogP contribution in [0.3, 0.4) is 0 Å². The van der Waals surface area contributed by atoms with Crippen molar-refractivity contribution in [2.75, 3.05) is 6.16 Å². The van der Waals surface area contributed by atoms with E-state index >= 15 is 0 Å². The minimum atomic E-state index is -3.46. The maximum Gasteiger partial charge on any atom is 0.337 e. The lowest BCUT2D eigenvalue weighted by atomic mass is 10.2. The van der Waals surface area contributed by atoms with Crippen LogP contribution in [0.15, 0.2) is 54.6 Å². The Balaban J connectivity index is 1.87. The quantitative estimate of drug-likeness (QED) is 0.500. The number of ether oxygens (including phenoxy) is 1. The highest BCUT2D eigenvalue weighted by Gasteiger charge is 2.29. The van der Waals surface area contributed by atoms with E-state index in [1.54, 1.807) is 19.1 Å². The fraction of sp³-hybridized carbons (Fsp3) is 0.278. The van der Waals surface area contributed by atoms with Crippen molar-refractivity contribution in [1.82, 2.24) is 0 Å². The normalized spacial score (nSPS) is 14.5. The Morgan fingerprint density at radius 3 is 2.38 bits per heavy atom. The first-order valence-electron chi connectivity index (χ1n) is 7.61. The molecular weight excluding hydrogens is 347 g/mol. The van der Waals surface area contributed by atoms with E-state index in [0.717, 1.165) is 11.1 Å². The Morgan fingerprint density at radius 2 is 1.75 bits per heavy atom. The largest absolute Gasteiger partial charge is 0.461 e. The van der Waals surface area contributed by atoms with Gasteiger partial charge in [-0.15, -0.1) is 0 Å². The van der Waals surface area contributed by atoms with Gasteiger partial charge in [-0.1, -0.05) is 55.0 Å². The van der Waals surface area contributed by atoms with Crippen LogP contribution in [0.4, 0.5) is 0 Å². The molecule has 0 aliphatic rings. The lowest BCUT2D eigenvalue weighted by Crippen LogP contribution is -2.18. The summed E-state index contributed by atoms with van der Waals surface area (Å²) in [7, 11) is 0. The van der Waals surface area contributed by atoms with E-state index in [4.69, 9.17) is 20.5 Å². The topological polar surface area (TPSA) is 52.6 Å². The van der Waals surface area contributed by atoms with Crippen molar-refractivity contribution in [1.29, 1.82) is 0 Å². The van der Waals surface area contributed by atoms with Crippen LogP contribution in [0.2, 0.25) is 0 Å². The van der Waals surface area contributed by atoms with Gasteiger partial charge in [-0.2, -0.15) is 0 Å². The van der Waals surface area contributed by atoms with Crippen LogP contribution in [-0.2, 0) is 20.7 Å². The third-order valence-corrected chi connectivity index (χ3v) is 5.47. The predicted octanol–water partition coefficient (Wildman–Crippen LogP) is 5.19. The van der Waals surface area contributed by atoms with Crippen LogP contribution in [-0.4, -0.2) is 12.1 Å². The van der Waals surface area contributed by atoms with E-state index in [1.165, 1.54) is 0 Å². The van der Waals surface area contributed by atoms with Gasteiger partial charge in [-0.25, -0.2) is 0 Å². The summed E-state index contributed by atoms with van der Waals surface area (Å²) >= 11 is 5.99. The Labute approximate surface area is 147 Å². The molecule has 0 spiro atoms. The molecule has 4 nitrogen and oxygen atoms in total. The maximum absolute atomic E-state index is 12.4. The smallest absolute Gasteiger partial charge is 0.337 e. The average molecular weight is 367 g/mol. The second-order valence-corrected chi connectivity index (χ2v) is 8.95. The Bertz CT molecular complexity index is 716. The minimum absolute atomic E-state index is 0.0872. The van der Waals surface area contributed by atoms with Crippen LogP contribution in [0.1, 0.15) is 18.1 Å². The van der Waals surface area contributed by atoms with Gasteiger partial charge in [0.05, 0.1) is 12.1 Å². The fourth-order valence-electron chi connectivity index (χ4n) is 2.07. The van der Waals surface area contributed by atoms with Crippen LogP contribution in [0, 0.1) is 12.8 Å². The van der Waals surface area contributed by atoms with Crippen molar-refractivity contribution in [3.05, 3.63) is 65.7 Å². The maximum atomic E-state index is 12.4. The summed E-state index contributed by atoms with van der Waals surface area (Å²) in [6.45, 7) is 0.277. The summed E-state index contributed by atoms with van der Waals surface area (Å²) in [4.78, 5) is 12.0. The number of rotatable bonds is 7. The molecule has 2 unspecified atom stereocenters. The van der Waals surface area contributed by atoms with E-state index in [-0.39, 0.29) is 12.8 Å². The van der Waals surface area contributed by atoms with E-state index < -0.39 is 18.6 Å². The zero-order chi connectivity index (χ0) is 17.6. The number of hydrogen-bond donors (Lipinski definition) is 0. The molecule has 2 atom stereocenters. The third kappa shape index (κ3) is 6.03. The highest BCUT2D eigenvalue weighted by atomic mass is 35.7. The van der Waals surface area contributed by atoms with E-state index in [1.807, 2.05) is 49.4 Å². The standard InChI is InChI=1S/C18H20ClO4P/c1-14-8-10-17(11-9-14)23-24(19,21)13-15(2)18(20)22-12-16-6-4-3-5-7-16/h3-11,15H,12-13H2,1-2H3. The summed E-state index contributed by atoms with van der Waals surface area (Å²) in [6.07, 6.45) is -0.0872. The minimum Gasteiger partial charge on any atom is -0.461 e. The van der Waals surface area contributed by atoms with Gasteiger partial charge in [-0.3, -0.25) is 9.36 Å². The molecule has 24 heavy (non-hydrogen) atoms. The molecule has 2 aromatic carbocycles. The first-order valence-corrected chi connectivity index (χ1v) is 10.3. The third-order valence-electron chi connectivity index (χ3n) is 3.38. The number of hydrogen-bond acceptors (Lipinski definition) is 4. The molecule has 2 aromatic rings. The molecule has 0 radical (unpaired) electrons. The van der Waals surface area contributed by atoms with Gasteiger partial charge in [-0.05, 0) is 35.9 Å². The highest BCUT2D eigenvalue weighted by Crippen LogP contribution is 2.53.